The molecule has 0 atom stereocenters. The van der Waals surface area contributed by atoms with Crippen LogP contribution in [0.4, 0.5) is 0 Å². The van der Waals surface area contributed by atoms with Crippen LogP contribution in [0.2, 0.25) is 0 Å². The lowest BCUT2D eigenvalue weighted by Crippen LogP contribution is -2.49. The molecule has 0 radical (unpaired) electrons. The maximum Gasteiger partial charge on any atom is 0.305 e. The molecule has 0 saturated carbocycles. The number of aromatic nitrogens is 1. The zero-order valence-corrected chi connectivity index (χ0v) is 14.0. The zero-order chi connectivity index (χ0) is 16.9. The molecule has 0 unspecified atom stereocenters. The highest BCUT2D eigenvalue weighted by Crippen LogP contribution is 2.17. The molecule has 2 aromatic rings. The van der Waals surface area contributed by atoms with E-state index in [9.17, 15) is 9.59 Å². The van der Waals surface area contributed by atoms with E-state index in [1.165, 1.54) is 7.11 Å². The van der Waals surface area contributed by atoms with Crippen LogP contribution in [-0.2, 0) is 9.53 Å². The van der Waals surface area contributed by atoms with E-state index in [0.29, 0.717) is 25.2 Å². The Bertz CT molecular complexity index is 684. The van der Waals surface area contributed by atoms with Crippen molar-refractivity contribution >= 4 is 22.8 Å². The number of methoxy groups -OCH3 is 1. The summed E-state index contributed by atoms with van der Waals surface area (Å²) in [5.41, 5.74) is 1.64. The molecule has 1 N–H and O–H groups in total. The molecule has 128 valence electrons. The molecule has 1 aliphatic heterocycles. The number of benzene rings is 1. The number of ether oxygens (including phenoxy) is 1. The molecule has 1 fully saturated rings. The first kappa shape index (κ1) is 16.5. The second kappa shape index (κ2) is 7.49. The van der Waals surface area contributed by atoms with Crippen LogP contribution < -0.4 is 0 Å². The van der Waals surface area contributed by atoms with Crippen molar-refractivity contribution in [2.24, 2.45) is 0 Å². The second-order valence-corrected chi connectivity index (χ2v) is 6.08. The van der Waals surface area contributed by atoms with Gasteiger partial charge in [-0.3, -0.25) is 14.5 Å². The number of fused-ring (bicyclic) bond motifs is 1. The maximum absolute atomic E-state index is 12.6. The number of amides is 1. The summed E-state index contributed by atoms with van der Waals surface area (Å²) in [5, 5.41) is 1.06. The number of esters is 1. The summed E-state index contributed by atoms with van der Waals surface area (Å²) >= 11 is 0. The van der Waals surface area contributed by atoms with Gasteiger partial charge in [-0.2, -0.15) is 0 Å². The minimum atomic E-state index is -0.164. The Morgan fingerprint density at radius 1 is 1.17 bits per heavy atom. The Balaban J connectivity index is 1.50. The van der Waals surface area contributed by atoms with Gasteiger partial charge in [-0.25, -0.2) is 0 Å². The van der Waals surface area contributed by atoms with Crippen molar-refractivity contribution in [3.63, 3.8) is 0 Å². The van der Waals surface area contributed by atoms with Crippen molar-refractivity contribution in [3.8, 4) is 0 Å². The molecule has 6 heteroatoms. The van der Waals surface area contributed by atoms with Gasteiger partial charge in [0, 0.05) is 43.5 Å². The van der Waals surface area contributed by atoms with Crippen LogP contribution in [0.25, 0.3) is 10.9 Å². The lowest BCUT2D eigenvalue weighted by molar-refractivity contribution is -0.140. The molecule has 6 nitrogen and oxygen atoms in total. The molecule has 1 aromatic heterocycles. The molecule has 1 aliphatic rings. The van der Waals surface area contributed by atoms with Crippen LogP contribution in [0.5, 0.6) is 0 Å². The van der Waals surface area contributed by atoms with Crippen molar-refractivity contribution < 1.29 is 14.3 Å². The Morgan fingerprint density at radius 2 is 1.92 bits per heavy atom. The fourth-order valence-corrected chi connectivity index (χ4v) is 3.08. The number of piperazine rings is 1. The Kier molecular flexibility index (Phi) is 5.15. The topological polar surface area (TPSA) is 65.6 Å². The Hall–Kier alpha value is -2.34. The molecule has 0 bridgehead atoms. The summed E-state index contributed by atoms with van der Waals surface area (Å²) in [6.07, 6.45) is 1.24. The van der Waals surface area contributed by atoms with E-state index >= 15 is 0 Å². The number of hydrogen-bond donors (Lipinski definition) is 1. The van der Waals surface area contributed by atoms with Crippen LogP contribution in [0.15, 0.2) is 30.3 Å². The molecule has 24 heavy (non-hydrogen) atoms. The highest BCUT2D eigenvalue weighted by molar-refractivity contribution is 5.98. The van der Waals surface area contributed by atoms with Gasteiger partial charge in [-0.15, -0.1) is 0 Å². The maximum atomic E-state index is 12.6. The first-order chi connectivity index (χ1) is 11.7. The van der Waals surface area contributed by atoms with E-state index in [-0.39, 0.29) is 11.9 Å². The van der Waals surface area contributed by atoms with Gasteiger partial charge in [0.2, 0.25) is 0 Å². The Morgan fingerprint density at radius 3 is 2.62 bits per heavy atom. The molecule has 0 aliphatic carbocycles. The van der Waals surface area contributed by atoms with Gasteiger partial charge in [0.05, 0.1) is 7.11 Å². The zero-order valence-electron chi connectivity index (χ0n) is 14.0. The van der Waals surface area contributed by atoms with Gasteiger partial charge in [0.15, 0.2) is 0 Å². The third kappa shape index (κ3) is 3.76. The minimum absolute atomic E-state index is 0.0559. The lowest BCUT2D eigenvalue weighted by atomic mass is 10.2. The first-order valence-corrected chi connectivity index (χ1v) is 8.33. The molecule has 1 amide bonds. The number of hydrogen-bond acceptors (Lipinski definition) is 4. The smallest absolute Gasteiger partial charge is 0.305 e. The highest BCUT2D eigenvalue weighted by atomic mass is 16.5. The molecule has 1 aromatic carbocycles. The number of nitrogens with one attached hydrogen (secondary N) is 1. The van der Waals surface area contributed by atoms with E-state index < -0.39 is 0 Å². The average Bonchev–Trinajstić information content (AvgIpc) is 3.05. The van der Waals surface area contributed by atoms with Crippen LogP contribution in [0, 0.1) is 0 Å². The number of carbonyl (C=O) groups is 2. The summed E-state index contributed by atoms with van der Waals surface area (Å²) in [5.74, 6) is -0.108. The molecule has 2 heterocycles. The summed E-state index contributed by atoms with van der Waals surface area (Å²) in [4.78, 5) is 31.1. The SMILES string of the molecule is COC(=O)CCCN1CCN(C(=O)c2cc3ccccc3[nH]2)CC1. The summed E-state index contributed by atoms with van der Waals surface area (Å²) in [6.45, 7) is 3.97. The third-order valence-electron chi connectivity index (χ3n) is 4.50. The van der Waals surface area contributed by atoms with E-state index in [1.807, 2.05) is 35.2 Å². The van der Waals surface area contributed by atoms with Gasteiger partial charge < -0.3 is 14.6 Å². The van der Waals surface area contributed by atoms with Crippen molar-refractivity contribution in [2.75, 3.05) is 39.8 Å². The monoisotopic (exact) mass is 329 g/mol. The largest absolute Gasteiger partial charge is 0.469 e. The molecule has 3 rings (SSSR count). The van der Waals surface area contributed by atoms with Crippen molar-refractivity contribution in [3.05, 3.63) is 36.0 Å². The van der Waals surface area contributed by atoms with Crippen LogP contribution in [0.1, 0.15) is 23.3 Å². The molecular weight excluding hydrogens is 306 g/mol. The van der Waals surface area contributed by atoms with E-state index in [1.54, 1.807) is 0 Å². The fraction of sp³-hybridized carbons (Fsp3) is 0.444. The van der Waals surface area contributed by atoms with Gasteiger partial charge >= 0.3 is 5.97 Å². The normalized spacial score (nSPS) is 15.6. The highest BCUT2D eigenvalue weighted by Gasteiger charge is 2.23. The number of carbonyl (C=O) groups excluding carboxylic acids is 2. The molecular formula is C18H23N3O3. The number of nitrogens with zero attached hydrogens (tertiary/aromatic N) is 2. The predicted octanol–water partition coefficient (Wildman–Crippen LogP) is 1.88. The van der Waals surface area contributed by atoms with Crippen molar-refractivity contribution in [1.82, 2.24) is 14.8 Å². The summed E-state index contributed by atoms with van der Waals surface area (Å²) in [7, 11) is 1.41. The van der Waals surface area contributed by atoms with Gasteiger partial charge in [0.25, 0.3) is 5.91 Å². The Labute approximate surface area is 141 Å². The van der Waals surface area contributed by atoms with Crippen LogP contribution in [0.3, 0.4) is 0 Å². The number of aromatic amines is 1. The van der Waals surface area contributed by atoms with Crippen LogP contribution in [-0.4, -0.2) is 66.5 Å². The fourth-order valence-electron chi connectivity index (χ4n) is 3.08. The van der Waals surface area contributed by atoms with Crippen LogP contribution >= 0.6 is 0 Å². The first-order valence-electron chi connectivity index (χ1n) is 8.33. The van der Waals surface area contributed by atoms with Gasteiger partial charge in [-0.1, -0.05) is 18.2 Å². The van der Waals surface area contributed by atoms with Crippen molar-refractivity contribution in [2.45, 2.75) is 12.8 Å². The summed E-state index contributed by atoms with van der Waals surface area (Å²) in [6, 6.07) is 9.82. The quantitative estimate of drug-likeness (QED) is 0.851. The number of H-pyrrole nitrogens is 1. The second-order valence-electron chi connectivity index (χ2n) is 6.08. The van der Waals surface area contributed by atoms with E-state index in [4.69, 9.17) is 0 Å². The third-order valence-corrected chi connectivity index (χ3v) is 4.50. The van der Waals surface area contributed by atoms with Gasteiger partial charge in [0.1, 0.15) is 5.69 Å². The average molecular weight is 329 g/mol. The van der Waals surface area contributed by atoms with Crippen molar-refractivity contribution in [1.29, 1.82) is 0 Å². The molecule has 0 spiro atoms. The van der Waals surface area contributed by atoms with E-state index in [0.717, 1.165) is 37.0 Å². The van der Waals surface area contributed by atoms with Gasteiger partial charge in [-0.05, 0) is 25.1 Å². The standard InChI is InChI=1S/C18H23N3O3/c1-24-17(22)7-4-8-20-9-11-21(12-10-20)18(23)16-13-14-5-2-3-6-15(14)19-16/h2-3,5-6,13,19H,4,7-12H2,1H3. The van der Waals surface area contributed by atoms with E-state index in [2.05, 4.69) is 14.6 Å². The number of para-hydroxylation sites is 1. The summed E-state index contributed by atoms with van der Waals surface area (Å²) < 4.78 is 4.65. The lowest BCUT2D eigenvalue weighted by Gasteiger charge is -2.34. The minimum Gasteiger partial charge on any atom is -0.469 e. The number of rotatable bonds is 5. The molecule has 1 saturated heterocycles. The predicted molar refractivity (Wildman–Crippen MR) is 91.9 cm³/mol.